The Bertz CT molecular complexity index is 578. The summed E-state index contributed by atoms with van der Waals surface area (Å²) in [7, 11) is 0. The Labute approximate surface area is 133 Å². The van der Waals surface area contributed by atoms with Gasteiger partial charge in [0, 0.05) is 17.0 Å². The lowest BCUT2D eigenvalue weighted by Crippen LogP contribution is -2.46. The van der Waals surface area contributed by atoms with Gasteiger partial charge in [-0.3, -0.25) is 10.1 Å². The molecule has 0 aliphatic carbocycles. The molecule has 22 heavy (non-hydrogen) atoms. The van der Waals surface area contributed by atoms with Crippen molar-refractivity contribution in [2.45, 2.75) is 39.8 Å². The van der Waals surface area contributed by atoms with Crippen LogP contribution in [-0.4, -0.2) is 30.1 Å². The first-order valence-corrected chi connectivity index (χ1v) is 7.71. The molecule has 1 aromatic heterocycles. The molecule has 0 aliphatic heterocycles. The van der Waals surface area contributed by atoms with Gasteiger partial charge in [-0.2, -0.15) is 0 Å². The number of nitrogens with one attached hydrogen (secondary N) is 2. The highest BCUT2D eigenvalue weighted by molar-refractivity contribution is 7.11. The first-order valence-electron chi connectivity index (χ1n) is 6.83. The lowest BCUT2D eigenvalue weighted by molar-refractivity contribution is -0.149. The molecule has 0 aromatic carbocycles. The minimum atomic E-state index is -1.06. The van der Waals surface area contributed by atoms with Crippen LogP contribution in [0.4, 0.5) is 4.79 Å². The van der Waals surface area contributed by atoms with Gasteiger partial charge in [-0.25, -0.2) is 9.59 Å². The number of urea groups is 1. The van der Waals surface area contributed by atoms with Crippen LogP contribution in [0.3, 0.4) is 0 Å². The van der Waals surface area contributed by atoms with E-state index in [0.717, 1.165) is 10.4 Å². The summed E-state index contributed by atoms with van der Waals surface area (Å²) in [6.45, 7) is 6.88. The first kappa shape index (κ1) is 17.9. The number of imide groups is 1. The topological polar surface area (TPSA) is 84.5 Å². The van der Waals surface area contributed by atoms with Crippen LogP contribution in [0.1, 0.15) is 31.2 Å². The van der Waals surface area contributed by atoms with E-state index in [1.807, 2.05) is 18.4 Å². The zero-order valence-electron chi connectivity index (χ0n) is 13.0. The van der Waals surface area contributed by atoms with Gasteiger partial charge in [0.15, 0.2) is 6.10 Å². The standard InChI is InChI=1S/C15H20N2O4S/c1-9(2)16-15(20)17-14(19)11(4)21-13(18)6-5-12-10(3)7-8-22-12/h5-9,11H,1-4H3,(H2,16,17,19,20)/b6-5+/t11-/m1/s1. The predicted molar refractivity (Wildman–Crippen MR) is 85.5 cm³/mol. The van der Waals surface area contributed by atoms with Gasteiger partial charge in [0.25, 0.3) is 5.91 Å². The van der Waals surface area contributed by atoms with Gasteiger partial charge >= 0.3 is 12.0 Å². The number of aryl methyl sites for hydroxylation is 1. The smallest absolute Gasteiger partial charge is 0.331 e. The van der Waals surface area contributed by atoms with Gasteiger partial charge in [-0.15, -0.1) is 11.3 Å². The van der Waals surface area contributed by atoms with Gasteiger partial charge in [-0.1, -0.05) is 0 Å². The Hall–Kier alpha value is -2.15. The Morgan fingerprint density at radius 2 is 1.95 bits per heavy atom. The molecular formula is C15H20N2O4S. The maximum absolute atomic E-state index is 11.7. The van der Waals surface area contributed by atoms with Crippen molar-refractivity contribution >= 4 is 35.3 Å². The highest BCUT2D eigenvalue weighted by Crippen LogP contribution is 2.17. The second-order valence-electron chi connectivity index (χ2n) is 5.00. The van der Waals surface area contributed by atoms with Crippen molar-refractivity contribution in [3.05, 3.63) is 28.0 Å². The molecular weight excluding hydrogens is 304 g/mol. The van der Waals surface area contributed by atoms with E-state index in [0.29, 0.717) is 0 Å². The summed E-state index contributed by atoms with van der Waals surface area (Å²) in [5, 5.41) is 6.54. The monoisotopic (exact) mass is 324 g/mol. The van der Waals surface area contributed by atoms with Crippen LogP contribution in [0.25, 0.3) is 6.08 Å². The lowest BCUT2D eigenvalue weighted by Gasteiger charge is -2.13. The molecule has 0 bridgehead atoms. The van der Waals surface area contributed by atoms with Crippen molar-refractivity contribution in [3.63, 3.8) is 0 Å². The SMILES string of the molecule is Cc1ccsc1/C=C/C(=O)O[C@H](C)C(=O)NC(=O)NC(C)C. The Morgan fingerprint density at radius 1 is 1.27 bits per heavy atom. The Kier molecular flexibility index (Phi) is 6.78. The summed E-state index contributed by atoms with van der Waals surface area (Å²) in [5.74, 6) is -1.31. The average molecular weight is 324 g/mol. The molecule has 0 spiro atoms. The summed E-state index contributed by atoms with van der Waals surface area (Å²) < 4.78 is 4.94. The summed E-state index contributed by atoms with van der Waals surface area (Å²) >= 11 is 1.50. The third-order valence-corrected chi connectivity index (χ3v) is 3.58. The molecule has 0 saturated carbocycles. The number of hydrogen-bond acceptors (Lipinski definition) is 5. The van der Waals surface area contributed by atoms with Gasteiger partial charge in [0.05, 0.1) is 0 Å². The molecule has 2 N–H and O–H groups in total. The molecule has 0 aliphatic rings. The first-order chi connectivity index (χ1) is 10.3. The van der Waals surface area contributed by atoms with E-state index < -0.39 is 24.0 Å². The van der Waals surface area contributed by atoms with E-state index in [9.17, 15) is 14.4 Å². The van der Waals surface area contributed by atoms with E-state index in [4.69, 9.17) is 4.74 Å². The van der Waals surface area contributed by atoms with Crippen molar-refractivity contribution in [2.75, 3.05) is 0 Å². The van der Waals surface area contributed by atoms with Crippen molar-refractivity contribution < 1.29 is 19.1 Å². The van der Waals surface area contributed by atoms with Crippen LogP contribution in [0.2, 0.25) is 0 Å². The minimum absolute atomic E-state index is 0.0948. The molecule has 7 heteroatoms. The number of esters is 1. The average Bonchev–Trinajstić information content (AvgIpc) is 2.80. The molecule has 3 amide bonds. The van der Waals surface area contributed by atoms with E-state index in [1.165, 1.54) is 24.3 Å². The fraction of sp³-hybridized carbons (Fsp3) is 0.400. The molecule has 0 unspecified atom stereocenters. The highest BCUT2D eigenvalue weighted by atomic mass is 32.1. The van der Waals surface area contributed by atoms with Gasteiger partial charge in [-0.05, 0) is 50.8 Å². The number of carbonyl (C=O) groups excluding carboxylic acids is 3. The van der Waals surface area contributed by atoms with Crippen molar-refractivity contribution in [1.29, 1.82) is 0 Å². The molecule has 120 valence electrons. The fourth-order valence-electron chi connectivity index (χ4n) is 1.48. The summed E-state index contributed by atoms with van der Waals surface area (Å²) in [5.41, 5.74) is 1.06. The molecule has 0 radical (unpaired) electrons. The highest BCUT2D eigenvalue weighted by Gasteiger charge is 2.19. The van der Waals surface area contributed by atoms with Gasteiger partial charge in [0.1, 0.15) is 0 Å². The quantitative estimate of drug-likeness (QED) is 0.642. The molecule has 0 fully saturated rings. The van der Waals surface area contributed by atoms with Crippen molar-refractivity contribution in [1.82, 2.24) is 10.6 Å². The zero-order chi connectivity index (χ0) is 16.7. The van der Waals surface area contributed by atoms with E-state index in [1.54, 1.807) is 19.9 Å². The molecule has 1 heterocycles. The predicted octanol–water partition coefficient (Wildman–Crippen LogP) is 2.24. The number of ether oxygens (including phenoxy) is 1. The fourth-order valence-corrected chi connectivity index (χ4v) is 2.30. The second-order valence-corrected chi connectivity index (χ2v) is 5.95. The van der Waals surface area contributed by atoms with Crippen LogP contribution in [0.15, 0.2) is 17.5 Å². The number of hydrogen-bond donors (Lipinski definition) is 2. The summed E-state index contributed by atoms with van der Waals surface area (Å²) in [6.07, 6.45) is 1.84. The number of amides is 3. The Balaban J connectivity index is 2.46. The maximum Gasteiger partial charge on any atom is 0.331 e. The summed E-state index contributed by atoms with van der Waals surface area (Å²) in [6, 6.07) is 1.23. The maximum atomic E-state index is 11.7. The molecule has 6 nitrogen and oxygen atoms in total. The van der Waals surface area contributed by atoms with Gasteiger partial charge < -0.3 is 10.1 Å². The van der Waals surface area contributed by atoms with E-state index in [-0.39, 0.29) is 6.04 Å². The number of thiophene rings is 1. The minimum Gasteiger partial charge on any atom is -0.449 e. The molecule has 1 rings (SSSR count). The van der Waals surface area contributed by atoms with Crippen molar-refractivity contribution in [2.24, 2.45) is 0 Å². The number of rotatable bonds is 5. The molecule has 1 atom stereocenters. The van der Waals surface area contributed by atoms with Crippen LogP contribution < -0.4 is 10.6 Å². The number of carbonyl (C=O) groups is 3. The van der Waals surface area contributed by atoms with Crippen LogP contribution in [-0.2, 0) is 14.3 Å². The van der Waals surface area contributed by atoms with Crippen LogP contribution in [0.5, 0.6) is 0 Å². The zero-order valence-corrected chi connectivity index (χ0v) is 13.8. The van der Waals surface area contributed by atoms with Gasteiger partial charge in [0.2, 0.25) is 0 Å². The third kappa shape index (κ3) is 6.09. The third-order valence-electron chi connectivity index (χ3n) is 2.59. The molecule has 1 aromatic rings. The summed E-state index contributed by atoms with van der Waals surface area (Å²) in [4.78, 5) is 35.7. The van der Waals surface area contributed by atoms with Crippen LogP contribution >= 0.6 is 11.3 Å². The normalized spacial score (nSPS) is 12.2. The van der Waals surface area contributed by atoms with Crippen LogP contribution in [0, 0.1) is 6.92 Å². The van der Waals surface area contributed by atoms with E-state index >= 15 is 0 Å². The largest absolute Gasteiger partial charge is 0.449 e. The Morgan fingerprint density at radius 3 is 2.50 bits per heavy atom. The second kappa shape index (κ2) is 8.33. The van der Waals surface area contributed by atoms with Crippen molar-refractivity contribution in [3.8, 4) is 0 Å². The molecule has 0 saturated heterocycles. The lowest BCUT2D eigenvalue weighted by atomic mass is 10.3. The van der Waals surface area contributed by atoms with E-state index in [2.05, 4.69) is 10.6 Å².